The summed E-state index contributed by atoms with van der Waals surface area (Å²) in [5, 5.41) is 6.38. The number of benzene rings is 1. The first-order valence-electron chi connectivity index (χ1n) is 6.95. The van der Waals surface area contributed by atoms with E-state index in [0.29, 0.717) is 6.54 Å². The highest BCUT2D eigenvalue weighted by molar-refractivity contribution is 5.79. The molecule has 1 aromatic heterocycles. The average Bonchev–Trinajstić information content (AvgIpc) is 2.95. The highest BCUT2D eigenvalue weighted by Gasteiger charge is 2.02. The summed E-state index contributed by atoms with van der Waals surface area (Å²) in [6.45, 7) is 6.32. The minimum Gasteiger partial charge on any atom is -0.357 e. The molecule has 0 amide bonds. The lowest BCUT2D eigenvalue weighted by molar-refractivity contribution is 0.828. The third kappa shape index (κ3) is 3.85. The minimum absolute atomic E-state index is 0.530. The number of aliphatic imine (C=N–C) groups is 1. The van der Waals surface area contributed by atoms with Gasteiger partial charge in [0.2, 0.25) is 0 Å². The van der Waals surface area contributed by atoms with E-state index in [4.69, 9.17) is 0 Å². The molecule has 3 N–H and O–H groups in total. The van der Waals surface area contributed by atoms with Crippen molar-refractivity contribution < 1.29 is 0 Å². The Morgan fingerprint density at radius 1 is 1.15 bits per heavy atom. The Balaban J connectivity index is 2.04. The fourth-order valence-electron chi connectivity index (χ4n) is 1.87. The Labute approximate surface area is 119 Å². The Hall–Kier alpha value is -2.30. The summed E-state index contributed by atoms with van der Waals surface area (Å²) in [7, 11) is 0. The lowest BCUT2D eigenvalue weighted by Gasteiger charge is -2.08. The van der Waals surface area contributed by atoms with Crippen LogP contribution in [0.4, 0.5) is 0 Å². The van der Waals surface area contributed by atoms with Crippen LogP contribution in [0.2, 0.25) is 0 Å². The molecular weight excluding hydrogens is 250 g/mol. The van der Waals surface area contributed by atoms with Crippen LogP contribution >= 0.6 is 0 Å². The highest BCUT2D eigenvalue weighted by Crippen LogP contribution is 2.16. The molecule has 1 heterocycles. The van der Waals surface area contributed by atoms with Gasteiger partial charge < -0.3 is 15.6 Å². The van der Waals surface area contributed by atoms with Gasteiger partial charge in [0.1, 0.15) is 12.4 Å². The average molecular weight is 271 g/mol. The van der Waals surface area contributed by atoms with Crippen LogP contribution in [0.3, 0.4) is 0 Å². The molecule has 0 radical (unpaired) electrons. The number of aromatic amines is 1. The van der Waals surface area contributed by atoms with Gasteiger partial charge in [-0.25, -0.2) is 9.98 Å². The summed E-state index contributed by atoms with van der Waals surface area (Å²) in [5.74, 6) is 1.67. The maximum atomic E-state index is 4.48. The van der Waals surface area contributed by atoms with Crippen molar-refractivity contribution in [2.45, 2.75) is 20.4 Å². The second-order valence-corrected chi connectivity index (χ2v) is 4.34. The topological polar surface area (TPSA) is 65.1 Å². The highest BCUT2D eigenvalue weighted by atomic mass is 15.2. The van der Waals surface area contributed by atoms with Gasteiger partial charge in [0.15, 0.2) is 5.96 Å². The van der Waals surface area contributed by atoms with Gasteiger partial charge in [-0.2, -0.15) is 0 Å². The van der Waals surface area contributed by atoms with E-state index in [-0.39, 0.29) is 0 Å². The zero-order valence-electron chi connectivity index (χ0n) is 12.0. The molecule has 0 atom stereocenters. The standard InChI is InChI=1S/C15H21N5/c1-3-16-15(17-4-2)19-11-14-18-10-13(20-14)12-8-6-5-7-9-12/h5-10H,3-4,11H2,1-2H3,(H,18,20)(H2,16,17,19). The molecule has 2 aromatic rings. The molecule has 0 aliphatic carbocycles. The molecule has 20 heavy (non-hydrogen) atoms. The molecular formula is C15H21N5. The summed E-state index contributed by atoms with van der Waals surface area (Å²) in [5.41, 5.74) is 2.15. The van der Waals surface area contributed by atoms with Crippen LogP contribution in [0.25, 0.3) is 11.3 Å². The molecule has 0 saturated carbocycles. The van der Waals surface area contributed by atoms with E-state index in [1.807, 2.05) is 38.2 Å². The molecule has 0 aliphatic heterocycles. The summed E-state index contributed by atoms with van der Waals surface area (Å²) in [6, 6.07) is 10.2. The second-order valence-electron chi connectivity index (χ2n) is 4.34. The van der Waals surface area contributed by atoms with Gasteiger partial charge in [-0.05, 0) is 19.4 Å². The van der Waals surface area contributed by atoms with E-state index < -0.39 is 0 Å². The van der Waals surface area contributed by atoms with Crippen molar-refractivity contribution in [1.82, 2.24) is 20.6 Å². The Kier molecular flexibility index (Phi) is 5.17. The number of rotatable bonds is 5. The Morgan fingerprint density at radius 3 is 2.50 bits per heavy atom. The molecule has 0 bridgehead atoms. The van der Waals surface area contributed by atoms with Crippen molar-refractivity contribution in [3.63, 3.8) is 0 Å². The molecule has 1 aromatic carbocycles. The number of nitrogens with zero attached hydrogens (tertiary/aromatic N) is 2. The molecule has 0 aliphatic rings. The zero-order chi connectivity index (χ0) is 14.2. The number of H-pyrrole nitrogens is 1. The van der Waals surface area contributed by atoms with E-state index in [2.05, 4.69) is 37.7 Å². The molecule has 5 nitrogen and oxygen atoms in total. The van der Waals surface area contributed by atoms with E-state index >= 15 is 0 Å². The third-order valence-electron chi connectivity index (χ3n) is 2.79. The monoisotopic (exact) mass is 271 g/mol. The molecule has 106 valence electrons. The predicted octanol–water partition coefficient (Wildman–Crippen LogP) is 2.15. The maximum absolute atomic E-state index is 4.48. The smallest absolute Gasteiger partial charge is 0.191 e. The maximum Gasteiger partial charge on any atom is 0.191 e. The number of guanidine groups is 1. The van der Waals surface area contributed by atoms with Crippen molar-refractivity contribution >= 4 is 5.96 Å². The fraction of sp³-hybridized carbons (Fsp3) is 0.333. The quantitative estimate of drug-likeness (QED) is 0.576. The number of imidazole rings is 1. The predicted molar refractivity (Wildman–Crippen MR) is 82.5 cm³/mol. The largest absolute Gasteiger partial charge is 0.357 e. The first kappa shape index (κ1) is 14.1. The van der Waals surface area contributed by atoms with Gasteiger partial charge >= 0.3 is 0 Å². The minimum atomic E-state index is 0.530. The van der Waals surface area contributed by atoms with Crippen molar-refractivity contribution in [3.05, 3.63) is 42.4 Å². The third-order valence-corrected chi connectivity index (χ3v) is 2.79. The lowest BCUT2D eigenvalue weighted by Crippen LogP contribution is -2.37. The summed E-state index contributed by atoms with van der Waals surface area (Å²) in [4.78, 5) is 12.1. The van der Waals surface area contributed by atoms with Crippen molar-refractivity contribution in [1.29, 1.82) is 0 Å². The SMILES string of the molecule is CCNC(=NCc1ncc(-c2ccccc2)[nH]1)NCC. The molecule has 0 fully saturated rings. The van der Waals surface area contributed by atoms with Gasteiger partial charge in [0.05, 0.1) is 11.9 Å². The van der Waals surface area contributed by atoms with Crippen LogP contribution in [0.15, 0.2) is 41.5 Å². The van der Waals surface area contributed by atoms with Crippen LogP contribution in [0.5, 0.6) is 0 Å². The summed E-state index contributed by atoms with van der Waals surface area (Å²) in [6.07, 6.45) is 1.85. The van der Waals surface area contributed by atoms with Crippen LogP contribution in [0.1, 0.15) is 19.7 Å². The van der Waals surface area contributed by atoms with Gasteiger partial charge in [-0.15, -0.1) is 0 Å². The molecule has 2 rings (SSSR count). The summed E-state index contributed by atoms with van der Waals surface area (Å²) >= 11 is 0. The van der Waals surface area contributed by atoms with E-state index in [0.717, 1.165) is 36.1 Å². The normalized spacial score (nSPS) is 10.1. The molecule has 0 spiro atoms. The number of nitrogens with one attached hydrogen (secondary N) is 3. The molecule has 0 saturated heterocycles. The first-order valence-corrected chi connectivity index (χ1v) is 6.95. The van der Waals surface area contributed by atoms with E-state index in [1.54, 1.807) is 0 Å². The van der Waals surface area contributed by atoms with Crippen LogP contribution in [0, 0.1) is 0 Å². The second kappa shape index (κ2) is 7.33. The van der Waals surface area contributed by atoms with Gasteiger partial charge in [0.25, 0.3) is 0 Å². The summed E-state index contributed by atoms with van der Waals surface area (Å²) < 4.78 is 0. The number of hydrogen-bond acceptors (Lipinski definition) is 2. The van der Waals surface area contributed by atoms with Gasteiger partial charge in [0, 0.05) is 13.1 Å². The Bertz CT molecular complexity index is 536. The first-order chi connectivity index (χ1) is 9.83. The lowest BCUT2D eigenvalue weighted by atomic mass is 10.2. The molecule has 0 unspecified atom stereocenters. The zero-order valence-corrected chi connectivity index (χ0v) is 12.0. The van der Waals surface area contributed by atoms with Gasteiger partial charge in [-0.3, -0.25) is 0 Å². The van der Waals surface area contributed by atoms with Gasteiger partial charge in [-0.1, -0.05) is 30.3 Å². The number of hydrogen-bond donors (Lipinski definition) is 3. The van der Waals surface area contributed by atoms with E-state index in [1.165, 1.54) is 0 Å². The van der Waals surface area contributed by atoms with Crippen molar-refractivity contribution in [2.24, 2.45) is 4.99 Å². The number of aromatic nitrogens is 2. The van der Waals surface area contributed by atoms with Crippen LogP contribution < -0.4 is 10.6 Å². The van der Waals surface area contributed by atoms with Crippen molar-refractivity contribution in [3.8, 4) is 11.3 Å². The van der Waals surface area contributed by atoms with E-state index in [9.17, 15) is 0 Å². The molecule has 5 heteroatoms. The van der Waals surface area contributed by atoms with Crippen LogP contribution in [-0.4, -0.2) is 29.0 Å². The Morgan fingerprint density at radius 2 is 1.85 bits per heavy atom. The van der Waals surface area contributed by atoms with Crippen LogP contribution in [-0.2, 0) is 6.54 Å². The van der Waals surface area contributed by atoms with Crippen molar-refractivity contribution in [2.75, 3.05) is 13.1 Å². The fourth-order valence-corrected chi connectivity index (χ4v) is 1.87.